The maximum Gasteiger partial charge on any atom is 0.260 e. The van der Waals surface area contributed by atoms with E-state index in [2.05, 4.69) is 9.97 Å². The lowest BCUT2D eigenvalue weighted by molar-refractivity contribution is 0.100. The molecular weight excluding hydrogens is 380 g/mol. The van der Waals surface area contributed by atoms with Crippen LogP contribution >= 0.6 is 0 Å². The van der Waals surface area contributed by atoms with Crippen molar-refractivity contribution < 1.29 is 4.79 Å². The topological polar surface area (TPSA) is 111 Å². The van der Waals surface area contributed by atoms with Crippen LogP contribution in [0.25, 0.3) is 44.0 Å². The van der Waals surface area contributed by atoms with Gasteiger partial charge in [0.15, 0.2) is 0 Å². The Morgan fingerprint density at radius 2 is 1.73 bits per heavy atom. The Bertz CT molecular complexity index is 1620. The third-order valence-corrected chi connectivity index (χ3v) is 5.38. The summed E-state index contributed by atoms with van der Waals surface area (Å²) >= 11 is 0. The first-order valence-electron chi connectivity index (χ1n) is 9.31. The number of aryl methyl sites for hydroxylation is 1. The molecule has 0 aliphatic heterocycles. The molecule has 2 aromatic heterocycles. The van der Waals surface area contributed by atoms with E-state index < -0.39 is 17.0 Å². The van der Waals surface area contributed by atoms with Gasteiger partial charge in [0.1, 0.15) is 5.52 Å². The van der Waals surface area contributed by atoms with Crippen molar-refractivity contribution in [1.82, 2.24) is 14.5 Å². The average Bonchev–Trinajstić information content (AvgIpc) is 2.74. The first kappa shape index (κ1) is 17.8. The van der Waals surface area contributed by atoms with Crippen LogP contribution in [0.4, 0.5) is 0 Å². The number of nitrogens with one attached hydrogen (secondary N) is 1. The van der Waals surface area contributed by atoms with Crippen molar-refractivity contribution >= 4 is 38.7 Å². The van der Waals surface area contributed by atoms with Gasteiger partial charge in [-0.1, -0.05) is 42.5 Å². The van der Waals surface area contributed by atoms with E-state index in [4.69, 9.17) is 5.73 Å². The first-order chi connectivity index (χ1) is 14.5. The third-order valence-electron chi connectivity index (χ3n) is 5.38. The molecule has 0 aliphatic carbocycles. The summed E-state index contributed by atoms with van der Waals surface area (Å²) in [5, 5.41) is 0.914. The van der Waals surface area contributed by atoms with E-state index in [0.29, 0.717) is 44.0 Å². The van der Waals surface area contributed by atoms with Crippen molar-refractivity contribution in [2.24, 2.45) is 12.8 Å². The van der Waals surface area contributed by atoms with Gasteiger partial charge in [-0.2, -0.15) is 0 Å². The average molecular weight is 396 g/mol. The minimum Gasteiger partial charge on any atom is -0.366 e. The van der Waals surface area contributed by atoms with Crippen LogP contribution in [0.5, 0.6) is 0 Å². The van der Waals surface area contributed by atoms with Gasteiger partial charge in [0.2, 0.25) is 0 Å². The fourth-order valence-electron chi connectivity index (χ4n) is 4.05. The van der Waals surface area contributed by atoms with E-state index in [0.717, 1.165) is 5.56 Å². The predicted octanol–water partition coefficient (Wildman–Crippen LogP) is 2.69. The predicted molar refractivity (Wildman–Crippen MR) is 117 cm³/mol. The lowest BCUT2D eigenvalue weighted by atomic mass is 9.99. The van der Waals surface area contributed by atoms with Gasteiger partial charge < -0.3 is 10.3 Å². The Morgan fingerprint density at radius 3 is 2.47 bits per heavy atom. The Labute approximate surface area is 169 Å². The largest absolute Gasteiger partial charge is 0.366 e. The number of rotatable bonds is 2. The van der Waals surface area contributed by atoms with Crippen molar-refractivity contribution in [3.63, 3.8) is 0 Å². The van der Waals surface area contributed by atoms with Crippen LogP contribution in [0.1, 0.15) is 10.4 Å². The Hall–Kier alpha value is -4.26. The second-order valence-corrected chi connectivity index (χ2v) is 7.09. The van der Waals surface area contributed by atoms with E-state index in [-0.39, 0.29) is 0 Å². The number of benzene rings is 3. The summed E-state index contributed by atoms with van der Waals surface area (Å²) in [4.78, 5) is 44.5. The maximum absolute atomic E-state index is 12.9. The number of para-hydroxylation sites is 1. The summed E-state index contributed by atoms with van der Waals surface area (Å²) in [5.74, 6) is -0.576. The molecule has 0 radical (unpaired) electrons. The number of carbonyl (C=O) groups excluding carboxylic acids is 1. The third kappa shape index (κ3) is 2.45. The van der Waals surface area contributed by atoms with E-state index in [1.54, 1.807) is 41.9 Å². The lowest BCUT2D eigenvalue weighted by Crippen LogP contribution is -2.22. The van der Waals surface area contributed by atoms with Crippen LogP contribution < -0.4 is 16.9 Å². The van der Waals surface area contributed by atoms with Crippen molar-refractivity contribution in [3.05, 3.63) is 86.9 Å². The zero-order chi connectivity index (χ0) is 21.0. The molecular formula is C23H16N4O3. The maximum atomic E-state index is 12.9. The Balaban J connectivity index is 2.02. The van der Waals surface area contributed by atoms with Gasteiger partial charge in [-0.15, -0.1) is 0 Å². The summed E-state index contributed by atoms with van der Waals surface area (Å²) in [7, 11) is 1.79. The van der Waals surface area contributed by atoms with Gasteiger partial charge in [0, 0.05) is 12.4 Å². The molecule has 5 aromatic rings. The SMILES string of the molecule is Cn1c2cccc(C(N)=O)c2nc2ccc3c(-c4ccccc4)c(=O)[nH]c(=O)c3c21. The van der Waals surface area contributed by atoms with Crippen LogP contribution in [0, 0.1) is 0 Å². The first-order valence-corrected chi connectivity index (χ1v) is 9.31. The second kappa shape index (κ2) is 6.38. The molecule has 30 heavy (non-hydrogen) atoms. The molecule has 1 amide bonds. The molecule has 0 atom stereocenters. The number of H-pyrrole nitrogens is 1. The monoisotopic (exact) mass is 396 g/mol. The number of hydrogen-bond donors (Lipinski definition) is 2. The number of pyridine rings is 1. The molecule has 0 aliphatic rings. The molecule has 5 rings (SSSR count). The molecule has 0 saturated carbocycles. The summed E-state index contributed by atoms with van der Waals surface area (Å²) in [5.41, 5.74) is 8.24. The fraction of sp³-hybridized carbons (Fsp3) is 0.0435. The fourth-order valence-corrected chi connectivity index (χ4v) is 4.05. The van der Waals surface area contributed by atoms with Crippen molar-refractivity contribution in [2.45, 2.75) is 0 Å². The zero-order valence-electron chi connectivity index (χ0n) is 16.0. The van der Waals surface area contributed by atoms with Crippen molar-refractivity contribution in [2.75, 3.05) is 0 Å². The lowest BCUT2D eigenvalue weighted by Gasteiger charge is -2.14. The number of aromatic nitrogens is 3. The number of primary amides is 1. The van der Waals surface area contributed by atoms with Crippen LogP contribution in [0.2, 0.25) is 0 Å². The summed E-state index contributed by atoms with van der Waals surface area (Å²) < 4.78 is 1.81. The molecule has 2 heterocycles. The number of aromatic amines is 1. The molecule has 3 aromatic carbocycles. The van der Waals surface area contributed by atoms with Gasteiger partial charge in [0.25, 0.3) is 17.0 Å². The number of nitrogens with zero attached hydrogens (tertiary/aromatic N) is 2. The van der Waals surface area contributed by atoms with Crippen LogP contribution in [-0.2, 0) is 7.05 Å². The number of nitrogens with two attached hydrogens (primary N) is 1. The molecule has 7 heteroatoms. The van der Waals surface area contributed by atoms with E-state index >= 15 is 0 Å². The number of carbonyl (C=O) groups is 1. The highest BCUT2D eigenvalue weighted by Crippen LogP contribution is 2.30. The second-order valence-electron chi connectivity index (χ2n) is 7.09. The molecule has 0 bridgehead atoms. The van der Waals surface area contributed by atoms with E-state index in [9.17, 15) is 14.4 Å². The zero-order valence-corrected chi connectivity index (χ0v) is 16.0. The Morgan fingerprint density at radius 1 is 0.967 bits per heavy atom. The number of amides is 1. The van der Waals surface area contributed by atoms with Crippen LogP contribution in [0.3, 0.4) is 0 Å². The molecule has 7 nitrogen and oxygen atoms in total. The highest BCUT2D eigenvalue weighted by atomic mass is 16.2. The number of hydrogen-bond acceptors (Lipinski definition) is 4. The molecule has 0 fully saturated rings. The molecule has 0 unspecified atom stereocenters. The molecule has 0 spiro atoms. The summed E-state index contributed by atoms with van der Waals surface area (Å²) in [6, 6.07) is 17.8. The quantitative estimate of drug-likeness (QED) is 0.353. The normalized spacial score (nSPS) is 11.4. The summed E-state index contributed by atoms with van der Waals surface area (Å²) in [6.07, 6.45) is 0. The van der Waals surface area contributed by atoms with E-state index in [1.165, 1.54) is 0 Å². The van der Waals surface area contributed by atoms with E-state index in [1.807, 2.05) is 30.3 Å². The van der Waals surface area contributed by atoms with Crippen molar-refractivity contribution in [1.29, 1.82) is 0 Å². The van der Waals surface area contributed by atoms with Gasteiger partial charge in [-0.3, -0.25) is 19.4 Å². The van der Waals surface area contributed by atoms with Crippen LogP contribution in [-0.4, -0.2) is 20.4 Å². The van der Waals surface area contributed by atoms with Gasteiger partial charge in [-0.05, 0) is 23.8 Å². The minimum absolute atomic E-state index is 0.305. The smallest absolute Gasteiger partial charge is 0.260 e. The highest BCUT2D eigenvalue weighted by molar-refractivity contribution is 6.12. The minimum atomic E-state index is -0.576. The highest BCUT2D eigenvalue weighted by Gasteiger charge is 2.18. The Kier molecular flexibility index (Phi) is 3.79. The van der Waals surface area contributed by atoms with Crippen molar-refractivity contribution in [3.8, 4) is 11.1 Å². The molecule has 3 N–H and O–H groups in total. The standard InChI is InChI=1S/C23H16N4O3/c1-27-16-9-5-8-14(21(24)28)19(16)25-15-11-10-13-17(12-6-3-2-4-7-12)22(29)26-23(30)18(13)20(15)27/h2-11H,1H3,(H2,24,28)(H,26,29,30). The summed E-state index contributed by atoms with van der Waals surface area (Å²) in [6.45, 7) is 0. The molecule has 0 saturated heterocycles. The molecule has 146 valence electrons. The number of fused-ring (bicyclic) bond motifs is 4. The van der Waals surface area contributed by atoms with Crippen LogP contribution in [0.15, 0.2) is 70.3 Å². The van der Waals surface area contributed by atoms with Gasteiger partial charge in [0.05, 0.1) is 33.1 Å². The van der Waals surface area contributed by atoms with Gasteiger partial charge in [-0.25, -0.2) is 4.98 Å². The van der Waals surface area contributed by atoms with Gasteiger partial charge >= 0.3 is 0 Å².